The van der Waals surface area contributed by atoms with E-state index in [2.05, 4.69) is 27.4 Å². The van der Waals surface area contributed by atoms with Gasteiger partial charge in [-0.05, 0) is 50.3 Å². The van der Waals surface area contributed by atoms with Gasteiger partial charge in [-0.2, -0.15) is 5.10 Å². The normalized spacial score (nSPS) is 24.4. The van der Waals surface area contributed by atoms with Crippen molar-refractivity contribution in [2.75, 3.05) is 6.54 Å². The molecular formula is C19H23FN6. The van der Waals surface area contributed by atoms with Gasteiger partial charge in [-0.15, -0.1) is 0 Å². The summed E-state index contributed by atoms with van der Waals surface area (Å²) in [6, 6.07) is 7.11. The fraction of sp³-hybridized carbons (Fsp3) is 0.474. The molecule has 2 aromatic heterocycles. The van der Waals surface area contributed by atoms with E-state index in [9.17, 15) is 4.39 Å². The lowest BCUT2D eigenvalue weighted by Crippen LogP contribution is -2.25. The van der Waals surface area contributed by atoms with Gasteiger partial charge in [0.05, 0.1) is 23.7 Å². The molecule has 1 aliphatic heterocycles. The van der Waals surface area contributed by atoms with Gasteiger partial charge in [0.15, 0.2) is 5.65 Å². The van der Waals surface area contributed by atoms with Gasteiger partial charge in [0, 0.05) is 6.54 Å². The van der Waals surface area contributed by atoms with Crippen molar-refractivity contribution in [2.24, 2.45) is 5.92 Å². The van der Waals surface area contributed by atoms with Gasteiger partial charge in [-0.25, -0.2) is 19.5 Å². The third-order valence-electron chi connectivity index (χ3n) is 5.77. The van der Waals surface area contributed by atoms with Gasteiger partial charge < -0.3 is 4.98 Å². The van der Waals surface area contributed by atoms with Crippen LogP contribution in [0.5, 0.6) is 0 Å². The fourth-order valence-electron chi connectivity index (χ4n) is 4.06. The Kier molecular flexibility index (Phi) is 3.62. The number of fused-ring (bicyclic) bond motifs is 1. The molecule has 3 aromatic rings. The van der Waals surface area contributed by atoms with Crippen LogP contribution >= 0.6 is 0 Å². The Labute approximate surface area is 151 Å². The molecule has 1 saturated heterocycles. The monoisotopic (exact) mass is 354 g/mol. The Morgan fingerprint density at radius 2 is 2.15 bits per heavy atom. The van der Waals surface area contributed by atoms with Crippen LogP contribution in [0, 0.1) is 18.7 Å². The Balaban J connectivity index is 1.53. The molecule has 1 saturated carbocycles. The summed E-state index contributed by atoms with van der Waals surface area (Å²) in [4.78, 5) is 8.40. The number of H-pyrrole nitrogens is 1. The highest BCUT2D eigenvalue weighted by Crippen LogP contribution is 2.41. The molecule has 2 fully saturated rings. The van der Waals surface area contributed by atoms with Gasteiger partial charge in [0.2, 0.25) is 0 Å². The van der Waals surface area contributed by atoms with Crippen molar-refractivity contribution >= 4 is 11.2 Å². The molecule has 3 N–H and O–H groups in total. The minimum absolute atomic E-state index is 0.0245. The van der Waals surface area contributed by atoms with E-state index in [1.807, 2.05) is 13.0 Å². The zero-order chi connectivity index (χ0) is 17.8. The fourth-order valence-corrected chi connectivity index (χ4v) is 4.06. The van der Waals surface area contributed by atoms with E-state index < -0.39 is 0 Å². The lowest BCUT2D eigenvalue weighted by molar-refractivity contribution is 0.448. The SMILES string of the molecule is Cc1nn(C(C)C2CC2)c2nc(C3CNNC3c3cccc(F)c3)[nH]c12. The number of aryl methyl sites for hydroxylation is 1. The Bertz CT molecular complexity index is 956. The lowest BCUT2D eigenvalue weighted by Gasteiger charge is -2.17. The molecular weight excluding hydrogens is 331 g/mol. The van der Waals surface area contributed by atoms with Crippen LogP contribution in [0.3, 0.4) is 0 Å². The molecule has 2 aliphatic rings. The molecule has 3 atom stereocenters. The van der Waals surface area contributed by atoms with E-state index in [0.29, 0.717) is 12.0 Å². The van der Waals surface area contributed by atoms with Gasteiger partial charge in [-0.1, -0.05) is 12.1 Å². The van der Waals surface area contributed by atoms with Crippen molar-refractivity contribution < 1.29 is 4.39 Å². The van der Waals surface area contributed by atoms with E-state index in [1.165, 1.54) is 18.9 Å². The minimum Gasteiger partial charge on any atom is -0.339 e. The second-order valence-electron chi connectivity index (χ2n) is 7.59. The summed E-state index contributed by atoms with van der Waals surface area (Å²) < 4.78 is 15.7. The number of aromatic nitrogens is 4. The van der Waals surface area contributed by atoms with Gasteiger partial charge in [0.25, 0.3) is 0 Å². The van der Waals surface area contributed by atoms with Crippen molar-refractivity contribution in [1.29, 1.82) is 0 Å². The molecule has 3 unspecified atom stereocenters. The van der Waals surface area contributed by atoms with Crippen LogP contribution < -0.4 is 10.9 Å². The van der Waals surface area contributed by atoms with Crippen molar-refractivity contribution in [1.82, 2.24) is 30.6 Å². The highest BCUT2D eigenvalue weighted by molar-refractivity contribution is 5.74. The number of aromatic amines is 1. The number of nitrogens with zero attached hydrogens (tertiary/aromatic N) is 3. The van der Waals surface area contributed by atoms with Crippen LogP contribution in [-0.4, -0.2) is 26.3 Å². The maximum absolute atomic E-state index is 13.7. The molecule has 1 aromatic carbocycles. The summed E-state index contributed by atoms with van der Waals surface area (Å²) in [5, 5.41) is 4.71. The molecule has 5 rings (SSSR count). The van der Waals surface area contributed by atoms with Crippen LogP contribution in [-0.2, 0) is 0 Å². The second-order valence-corrected chi connectivity index (χ2v) is 7.59. The van der Waals surface area contributed by atoms with E-state index in [-0.39, 0.29) is 17.8 Å². The standard InChI is InChI=1S/C19H23FN6/c1-10-16-19(26(25-10)11(2)12-6-7-12)23-18(22-16)15-9-21-24-17(15)13-4-3-5-14(20)8-13/h3-5,8,11-12,15,17,21,24H,6-7,9H2,1-2H3,(H,22,23). The van der Waals surface area contributed by atoms with E-state index in [4.69, 9.17) is 10.1 Å². The Morgan fingerprint density at radius 3 is 2.92 bits per heavy atom. The maximum Gasteiger partial charge on any atom is 0.176 e. The van der Waals surface area contributed by atoms with Crippen LogP contribution in [0.15, 0.2) is 24.3 Å². The molecule has 7 heteroatoms. The first-order valence-electron chi connectivity index (χ1n) is 9.30. The summed E-state index contributed by atoms with van der Waals surface area (Å²) in [6.45, 7) is 4.99. The third kappa shape index (κ3) is 2.54. The summed E-state index contributed by atoms with van der Waals surface area (Å²) >= 11 is 0. The van der Waals surface area contributed by atoms with E-state index in [0.717, 1.165) is 34.8 Å². The molecule has 6 nitrogen and oxygen atoms in total. The number of hydrazine groups is 1. The predicted octanol–water partition coefficient (Wildman–Crippen LogP) is 3.11. The third-order valence-corrected chi connectivity index (χ3v) is 5.77. The number of imidazole rings is 1. The zero-order valence-electron chi connectivity index (χ0n) is 15.0. The van der Waals surface area contributed by atoms with Gasteiger partial charge in [-0.3, -0.25) is 5.43 Å². The molecule has 136 valence electrons. The maximum atomic E-state index is 13.7. The number of halogens is 1. The van der Waals surface area contributed by atoms with Crippen molar-refractivity contribution in [2.45, 2.75) is 44.7 Å². The predicted molar refractivity (Wildman–Crippen MR) is 97.1 cm³/mol. The lowest BCUT2D eigenvalue weighted by atomic mass is 9.94. The number of hydrogen-bond acceptors (Lipinski definition) is 4. The molecule has 0 bridgehead atoms. The number of rotatable bonds is 4. The van der Waals surface area contributed by atoms with E-state index >= 15 is 0 Å². The van der Waals surface area contributed by atoms with E-state index in [1.54, 1.807) is 12.1 Å². The second kappa shape index (κ2) is 5.89. The summed E-state index contributed by atoms with van der Waals surface area (Å²) in [7, 11) is 0. The first-order valence-corrected chi connectivity index (χ1v) is 9.30. The minimum atomic E-state index is -0.218. The summed E-state index contributed by atoms with van der Waals surface area (Å²) in [6.07, 6.45) is 2.55. The highest BCUT2D eigenvalue weighted by Gasteiger charge is 2.35. The van der Waals surface area contributed by atoms with Gasteiger partial charge in [0.1, 0.15) is 17.2 Å². The Hall–Kier alpha value is -2.25. The van der Waals surface area contributed by atoms with Gasteiger partial charge >= 0.3 is 0 Å². The Morgan fingerprint density at radius 1 is 1.31 bits per heavy atom. The molecule has 3 heterocycles. The first-order chi connectivity index (χ1) is 12.6. The molecule has 0 spiro atoms. The molecule has 0 radical (unpaired) electrons. The zero-order valence-corrected chi connectivity index (χ0v) is 15.0. The highest BCUT2D eigenvalue weighted by atomic mass is 19.1. The quantitative estimate of drug-likeness (QED) is 0.673. The van der Waals surface area contributed by atoms with Crippen LogP contribution in [0.1, 0.15) is 54.8 Å². The van der Waals surface area contributed by atoms with Crippen LogP contribution in [0.2, 0.25) is 0 Å². The largest absolute Gasteiger partial charge is 0.339 e. The van der Waals surface area contributed by atoms with Crippen molar-refractivity contribution in [3.8, 4) is 0 Å². The first kappa shape index (κ1) is 16.0. The van der Waals surface area contributed by atoms with Crippen LogP contribution in [0.4, 0.5) is 4.39 Å². The van der Waals surface area contributed by atoms with Crippen LogP contribution in [0.25, 0.3) is 11.2 Å². The number of hydrogen-bond donors (Lipinski definition) is 3. The van der Waals surface area contributed by atoms with Crippen molar-refractivity contribution in [3.05, 3.63) is 47.2 Å². The number of nitrogens with one attached hydrogen (secondary N) is 3. The molecule has 1 aliphatic carbocycles. The average Bonchev–Trinajstić information content (AvgIpc) is 3.08. The summed E-state index contributed by atoms with van der Waals surface area (Å²) in [5.41, 5.74) is 10.3. The summed E-state index contributed by atoms with van der Waals surface area (Å²) in [5.74, 6) is 1.52. The number of benzene rings is 1. The topological polar surface area (TPSA) is 70.6 Å². The smallest absolute Gasteiger partial charge is 0.176 e. The molecule has 26 heavy (non-hydrogen) atoms. The average molecular weight is 354 g/mol. The molecule has 0 amide bonds. The van der Waals surface area contributed by atoms with Crippen molar-refractivity contribution in [3.63, 3.8) is 0 Å².